The second-order valence-electron chi connectivity index (χ2n) is 3.37. The van der Waals surface area contributed by atoms with Crippen LogP contribution in [0.15, 0.2) is 18.2 Å². The van der Waals surface area contributed by atoms with Crippen LogP contribution in [-0.2, 0) is 9.05 Å². The standard InChI is InChI=1S/C10H11ClF2O3S/c11-17(14,15)6-2-1-5-16-8-3-4-9(12)10(13)7-8/h3-4,7H,1-2,5-6H2. The van der Waals surface area contributed by atoms with Crippen LogP contribution < -0.4 is 4.74 Å². The Morgan fingerprint density at radius 1 is 1.18 bits per heavy atom. The minimum absolute atomic E-state index is 0.129. The Hall–Kier alpha value is -0.880. The van der Waals surface area contributed by atoms with Gasteiger partial charge in [0.25, 0.3) is 0 Å². The second kappa shape index (κ2) is 6.16. The molecule has 17 heavy (non-hydrogen) atoms. The lowest BCUT2D eigenvalue weighted by molar-refractivity contribution is 0.307. The molecule has 0 aliphatic heterocycles. The van der Waals surface area contributed by atoms with Crippen LogP contribution >= 0.6 is 10.7 Å². The molecule has 0 saturated carbocycles. The minimum atomic E-state index is -3.47. The van der Waals surface area contributed by atoms with Crippen LogP contribution in [0.4, 0.5) is 8.78 Å². The fraction of sp³-hybridized carbons (Fsp3) is 0.400. The fourth-order valence-electron chi connectivity index (χ4n) is 1.13. The van der Waals surface area contributed by atoms with Crippen molar-refractivity contribution < 1.29 is 21.9 Å². The lowest BCUT2D eigenvalue weighted by Crippen LogP contribution is -2.02. The fourth-order valence-corrected chi connectivity index (χ4v) is 2.01. The molecule has 0 fully saturated rings. The molecular weight excluding hydrogens is 274 g/mol. The summed E-state index contributed by atoms with van der Waals surface area (Å²) in [4.78, 5) is 0. The second-order valence-corrected chi connectivity index (χ2v) is 6.27. The van der Waals surface area contributed by atoms with Gasteiger partial charge in [-0.05, 0) is 25.0 Å². The summed E-state index contributed by atoms with van der Waals surface area (Å²) in [5.41, 5.74) is 0. The molecule has 0 saturated heterocycles. The molecule has 0 N–H and O–H groups in total. The zero-order valence-corrected chi connectivity index (χ0v) is 10.4. The summed E-state index contributed by atoms with van der Waals surface area (Å²) in [6, 6.07) is 3.21. The first kappa shape index (κ1) is 14.2. The Bertz CT molecular complexity index is 476. The SMILES string of the molecule is O=S(=O)(Cl)CCCCOc1ccc(F)c(F)c1. The third-order valence-electron chi connectivity index (χ3n) is 1.94. The van der Waals surface area contributed by atoms with Crippen molar-refractivity contribution >= 4 is 19.7 Å². The van der Waals surface area contributed by atoms with Gasteiger partial charge in [-0.2, -0.15) is 0 Å². The topological polar surface area (TPSA) is 43.4 Å². The van der Waals surface area contributed by atoms with Gasteiger partial charge in [-0.25, -0.2) is 17.2 Å². The highest BCUT2D eigenvalue weighted by molar-refractivity contribution is 8.13. The van der Waals surface area contributed by atoms with E-state index in [1.165, 1.54) is 6.07 Å². The maximum atomic E-state index is 12.8. The Morgan fingerprint density at radius 2 is 1.88 bits per heavy atom. The van der Waals surface area contributed by atoms with Crippen molar-refractivity contribution in [2.45, 2.75) is 12.8 Å². The lowest BCUT2D eigenvalue weighted by atomic mass is 10.3. The molecule has 96 valence electrons. The maximum absolute atomic E-state index is 12.8. The highest BCUT2D eigenvalue weighted by Crippen LogP contribution is 2.15. The molecule has 1 rings (SSSR count). The molecule has 0 unspecified atom stereocenters. The van der Waals surface area contributed by atoms with Crippen molar-refractivity contribution in [2.75, 3.05) is 12.4 Å². The first-order chi connectivity index (χ1) is 7.88. The molecule has 0 bridgehead atoms. The van der Waals surface area contributed by atoms with Gasteiger partial charge in [0.15, 0.2) is 11.6 Å². The predicted molar refractivity (Wildman–Crippen MR) is 60.7 cm³/mol. The van der Waals surface area contributed by atoms with Gasteiger partial charge in [-0.15, -0.1) is 0 Å². The van der Waals surface area contributed by atoms with E-state index in [1.807, 2.05) is 0 Å². The van der Waals surface area contributed by atoms with Crippen LogP contribution in [0.25, 0.3) is 0 Å². The molecule has 0 heterocycles. The first-order valence-corrected chi connectivity index (χ1v) is 7.36. The van der Waals surface area contributed by atoms with Crippen molar-refractivity contribution in [1.29, 1.82) is 0 Å². The van der Waals surface area contributed by atoms with E-state index in [4.69, 9.17) is 15.4 Å². The van der Waals surface area contributed by atoms with Gasteiger partial charge in [0.1, 0.15) is 5.75 Å². The Balaban J connectivity index is 2.29. The van der Waals surface area contributed by atoms with Gasteiger partial charge < -0.3 is 4.74 Å². The summed E-state index contributed by atoms with van der Waals surface area (Å²) in [5.74, 6) is -1.84. The Morgan fingerprint density at radius 3 is 2.47 bits per heavy atom. The van der Waals surface area contributed by atoms with E-state index in [0.717, 1.165) is 12.1 Å². The molecule has 0 atom stereocenters. The van der Waals surface area contributed by atoms with Crippen molar-refractivity contribution in [1.82, 2.24) is 0 Å². The average Bonchev–Trinajstić information content (AvgIpc) is 2.21. The van der Waals surface area contributed by atoms with Crippen LogP contribution in [0.5, 0.6) is 5.75 Å². The Labute approximate surface area is 103 Å². The number of rotatable bonds is 6. The van der Waals surface area contributed by atoms with E-state index in [0.29, 0.717) is 12.8 Å². The number of ether oxygens (including phenoxy) is 1. The van der Waals surface area contributed by atoms with Gasteiger partial charge in [0, 0.05) is 16.7 Å². The summed E-state index contributed by atoms with van der Waals surface area (Å²) in [6.07, 6.45) is 0.820. The molecule has 1 aromatic rings. The van der Waals surface area contributed by atoms with Crippen LogP contribution in [0.2, 0.25) is 0 Å². The summed E-state index contributed by atoms with van der Waals surface area (Å²) in [5, 5.41) is 0. The monoisotopic (exact) mass is 284 g/mol. The number of benzene rings is 1. The summed E-state index contributed by atoms with van der Waals surface area (Å²) in [6.45, 7) is 0.220. The van der Waals surface area contributed by atoms with Crippen molar-refractivity contribution in [3.63, 3.8) is 0 Å². The van der Waals surface area contributed by atoms with Gasteiger partial charge in [0.2, 0.25) is 9.05 Å². The van der Waals surface area contributed by atoms with Gasteiger partial charge in [-0.3, -0.25) is 0 Å². The molecule has 0 aliphatic rings. The van der Waals surface area contributed by atoms with E-state index in [9.17, 15) is 17.2 Å². The third-order valence-corrected chi connectivity index (χ3v) is 3.18. The number of unbranched alkanes of at least 4 members (excludes halogenated alkanes) is 1. The average molecular weight is 285 g/mol. The smallest absolute Gasteiger partial charge is 0.232 e. The minimum Gasteiger partial charge on any atom is -0.493 e. The predicted octanol–water partition coefficient (Wildman–Crippen LogP) is 2.69. The molecule has 0 spiro atoms. The zero-order chi connectivity index (χ0) is 12.9. The van der Waals surface area contributed by atoms with Crippen molar-refractivity contribution in [3.8, 4) is 5.75 Å². The van der Waals surface area contributed by atoms with Crippen LogP contribution in [0, 0.1) is 11.6 Å². The quantitative estimate of drug-likeness (QED) is 0.596. The van der Waals surface area contributed by atoms with Crippen LogP contribution in [-0.4, -0.2) is 20.8 Å². The van der Waals surface area contributed by atoms with Crippen LogP contribution in [0.3, 0.4) is 0 Å². The lowest BCUT2D eigenvalue weighted by Gasteiger charge is -2.05. The van der Waals surface area contributed by atoms with Crippen molar-refractivity contribution in [2.24, 2.45) is 0 Å². The molecule has 1 aromatic carbocycles. The van der Waals surface area contributed by atoms with E-state index in [1.54, 1.807) is 0 Å². The van der Waals surface area contributed by atoms with Gasteiger partial charge in [0.05, 0.1) is 12.4 Å². The van der Waals surface area contributed by atoms with Gasteiger partial charge >= 0.3 is 0 Å². The normalized spacial score (nSPS) is 11.5. The van der Waals surface area contributed by atoms with Gasteiger partial charge in [-0.1, -0.05) is 0 Å². The molecular formula is C10H11ClF2O3S. The highest BCUT2D eigenvalue weighted by atomic mass is 35.7. The highest BCUT2D eigenvalue weighted by Gasteiger charge is 2.05. The summed E-state index contributed by atoms with van der Waals surface area (Å²) >= 11 is 0. The Kier molecular flexibility index (Phi) is 5.14. The van der Waals surface area contributed by atoms with E-state index in [2.05, 4.69) is 0 Å². The van der Waals surface area contributed by atoms with Crippen molar-refractivity contribution in [3.05, 3.63) is 29.8 Å². The molecule has 7 heteroatoms. The zero-order valence-electron chi connectivity index (χ0n) is 8.83. The summed E-state index contributed by atoms with van der Waals surface area (Å²) in [7, 11) is 1.53. The molecule has 0 amide bonds. The van der Waals surface area contributed by atoms with E-state index in [-0.39, 0.29) is 18.1 Å². The third kappa shape index (κ3) is 5.83. The molecule has 0 aliphatic carbocycles. The van der Waals surface area contributed by atoms with E-state index >= 15 is 0 Å². The largest absolute Gasteiger partial charge is 0.493 e. The van der Waals surface area contributed by atoms with E-state index < -0.39 is 20.7 Å². The first-order valence-electron chi connectivity index (χ1n) is 4.89. The number of hydrogen-bond acceptors (Lipinski definition) is 3. The number of halogens is 3. The maximum Gasteiger partial charge on any atom is 0.232 e. The van der Waals surface area contributed by atoms with Crippen LogP contribution in [0.1, 0.15) is 12.8 Å². The molecule has 0 aromatic heterocycles. The summed E-state index contributed by atoms with van der Waals surface area (Å²) < 4.78 is 51.6. The molecule has 0 radical (unpaired) electrons. The number of hydrogen-bond donors (Lipinski definition) is 0. The molecule has 3 nitrogen and oxygen atoms in total.